The van der Waals surface area contributed by atoms with E-state index in [9.17, 15) is 4.79 Å². The molecular weight excluding hydrogens is 216 g/mol. The lowest BCUT2D eigenvalue weighted by Crippen LogP contribution is -2.49. The Labute approximate surface area is 102 Å². The van der Waals surface area contributed by atoms with Crippen LogP contribution in [0.3, 0.4) is 0 Å². The number of carbonyl (C=O) groups excluding carboxylic acids is 1. The molecule has 0 bridgehead atoms. The summed E-state index contributed by atoms with van der Waals surface area (Å²) in [6.45, 7) is 15.6. The first-order valence-corrected chi connectivity index (χ1v) is 8.54. The molecule has 0 rings (SSSR count). The van der Waals surface area contributed by atoms with Crippen LogP contribution in [-0.4, -0.2) is 20.7 Å². The molecule has 0 radical (unpaired) electrons. The van der Waals surface area contributed by atoms with Crippen molar-refractivity contribution in [1.82, 2.24) is 0 Å². The van der Waals surface area contributed by atoms with Crippen molar-refractivity contribution in [3.63, 3.8) is 0 Å². The molecule has 1 unspecified atom stereocenters. The Hall–Kier alpha value is -0.153. The summed E-state index contributed by atoms with van der Waals surface area (Å²) < 4.78 is 6.37. The van der Waals surface area contributed by atoms with Gasteiger partial charge in [-0.1, -0.05) is 41.5 Å². The topological polar surface area (TPSA) is 26.3 Å². The fourth-order valence-corrected chi connectivity index (χ4v) is 8.55. The molecule has 0 aliphatic carbocycles. The van der Waals surface area contributed by atoms with Gasteiger partial charge in [-0.2, -0.15) is 0 Å². The molecule has 0 heterocycles. The molecule has 0 N–H and O–H groups in total. The average molecular weight is 244 g/mol. The van der Waals surface area contributed by atoms with Gasteiger partial charge < -0.3 is 9.22 Å². The van der Waals surface area contributed by atoms with Gasteiger partial charge in [0.05, 0.1) is 0 Å². The van der Waals surface area contributed by atoms with Crippen molar-refractivity contribution in [2.24, 2.45) is 0 Å². The van der Waals surface area contributed by atoms with Crippen LogP contribution >= 0.6 is 0 Å². The second-order valence-corrected chi connectivity index (χ2v) is 11.1. The van der Waals surface area contributed by atoms with E-state index in [1.165, 1.54) is 0 Å². The molecule has 0 aromatic heterocycles. The minimum absolute atomic E-state index is 0.0661. The summed E-state index contributed by atoms with van der Waals surface area (Å²) in [5.74, 6) is 0. The van der Waals surface area contributed by atoms with Crippen molar-refractivity contribution in [2.45, 2.75) is 77.6 Å². The normalized spacial score (nSPS) is 14.9. The van der Waals surface area contributed by atoms with Crippen LogP contribution in [0.5, 0.6) is 0 Å². The third kappa shape index (κ3) is 3.42. The molecule has 0 fully saturated rings. The number of aldehydes is 1. The Bertz CT molecular complexity index is 190. The summed E-state index contributed by atoms with van der Waals surface area (Å²) in [4.78, 5) is 10.5. The second-order valence-electron chi connectivity index (χ2n) is 5.65. The first kappa shape index (κ1) is 15.8. The predicted octanol–water partition coefficient (Wildman–Crippen LogP) is 4.16. The Morgan fingerprint density at radius 3 is 1.56 bits per heavy atom. The quantitative estimate of drug-likeness (QED) is 0.496. The van der Waals surface area contributed by atoms with Gasteiger partial charge in [-0.05, 0) is 23.5 Å². The molecular formula is C13H28O2Si. The molecule has 0 saturated heterocycles. The van der Waals surface area contributed by atoms with Gasteiger partial charge in [0, 0.05) is 12.5 Å². The van der Waals surface area contributed by atoms with Gasteiger partial charge in [0.25, 0.3) is 0 Å². The molecule has 0 aromatic carbocycles. The van der Waals surface area contributed by atoms with Crippen LogP contribution in [0.15, 0.2) is 0 Å². The minimum atomic E-state index is -1.79. The van der Waals surface area contributed by atoms with Crippen LogP contribution < -0.4 is 0 Å². The lowest BCUT2D eigenvalue weighted by atomic mass is 10.3. The third-order valence-electron chi connectivity index (χ3n) is 3.54. The molecule has 3 heteroatoms. The summed E-state index contributed by atoms with van der Waals surface area (Å²) in [5, 5.41) is 0. The lowest BCUT2D eigenvalue weighted by Gasteiger charge is -2.43. The van der Waals surface area contributed by atoms with Crippen LogP contribution in [-0.2, 0) is 9.22 Å². The van der Waals surface area contributed by atoms with Crippen LogP contribution in [0.2, 0.25) is 16.6 Å². The molecule has 0 spiro atoms. The zero-order valence-electron chi connectivity index (χ0n) is 11.9. The molecule has 0 aliphatic heterocycles. The summed E-state index contributed by atoms with van der Waals surface area (Å²) in [6, 6.07) is 0. The molecule has 0 amide bonds. The molecule has 96 valence electrons. The smallest absolute Gasteiger partial charge is 0.200 e. The molecule has 2 nitrogen and oxygen atoms in total. The van der Waals surface area contributed by atoms with E-state index in [1.807, 2.05) is 6.92 Å². The van der Waals surface area contributed by atoms with Gasteiger partial charge in [-0.25, -0.2) is 0 Å². The van der Waals surface area contributed by atoms with Crippen LogP contribution in [0.25, 0.3) is 0 Å². The third-order valence-corrected chi connectivity index (χ3v) is 9.77. The Morgan fingerprint density at radius 1 is 0.938 bits per heavy atom. The summed E-state index contributed by atoms with van der Waals surface area (Å²) in [6.07, 6.45) is 1.54. The number of carbonyl (C=O) groups is 1. The Kier molecular flexibility index (Phi) is 6.49. The standard InChI is InChI=1S/C13H28O2Si/c1-10(2)16(11(3)4,12(5)6)15-13(7)8-9-14/h9-13H,8H2,1-7H3. The van der Waals surface area contributed by atoms with E-state index in [0.29, 0.717) is 23.0 Å². The molecule has 0 aromatic rings. The van der Waals surface area contributed by atoms with Crippen molar-refractivity contribution >= 4 is 14.6 Å². The van der Waals surface area contributed by atoms with Crippen LogP contribution in [0, 0.1) is 0 Å². The van der Waals surface area contributed by atoms with E-state index in [1.54, 1.807) is 0 Å². The first-order valence-electron chi connectivity index (χ1n) is 6.40. The van der Waals surface area contributed by atoms with Gasteiger partial charge >= 0.3 is 0 Å². The Morgan fingerprint density at radius 2 is 1.31 bits per heavy atom. The number of hydrogen-bond donors (Lipinski definition) is 0. The minimum Gasteiger partial charge on any atom is -0.413 e. The molecule has 0 saturated carbocycles. The number of hydrogen-bond acceptors (Lipinski definition) is 2. The van der Waals surface area contributed by atoms with Crippen LogP contribution in [0.4, 0.5) is 0 Å². The Balaban J connectivity index is 4.97. The van der Waals surface area contributed by atoms with Gasteiger partial charge in [0.1, 0.15) is 6.29 Å². The SMILES string of the molecule is CC(CC=O)O[Si](C(C)C)(C(C)C)C(C)C. The van der Waals surface area contributed by atoms with Gasteiger partial charge in [0.15, 0.2) is 0 Å². The lowest BCUT2D eigenvalue weighted by molar-refractivity contribution is -0.109. The van der Waals surface area contributed by atoms with Crippen molar-refractivity contribution in [2.75, 3.05) is 0 Å². The maximum atomic E-state index is 10.5. The molecule has 16 heavy (non-hydrogen) atoms. The van der Waals surface area contributed by atoms with Gasteiger partial charge in [0.2, 0.25) is 8.32 Å². The maximum absolute atomic E-state index is 10.5. The van der Waals surface area contributed by atoms with Crippen molar-refractivity contribution < 1.29 is 9.22 Å². The largest absolute Gasteiger partial charge is 0.413 e. The van der Waals surface area contributed by atoms with Gasteiger partial charge in [-0.15, -0.1) is 0 Å². The molecule has 0 aliphatic rings. The summed E-state index contributed by atoms with van der Waals surface area (Å²) >= 11 is 0. The van der Waals surface area contributed by atoms with E-state index < -0.39 is 8.32 Å². The van der Waals surface area contributed by atoms with E-state index in [4.69, 9.17) is 4.43 Å². The monoisotopic (exact) mass is 244 g/mol. The van der Waals surface area contributed by atoms with Crippen LogP contribution in [0.1, 0.15) is 54.9 Å². The fourth-order valence-electron chi connectivity index (χ4n) is 2.94. The fraction of sp³-hybridized carbons (Fsp3) is 0.923. The first-order chi connectivity index (χ1) is 7.28. The van der Waals surface area contributed by atoms with Gasteiger partial charge in [-0.3, -0.25) is 0 Å². The zero-order valence-corrected chi connectivity index (χ0v) is 12.9. The van der Waals surface area contributed by atoms with E-state index >= 15 is 0 Å². The highest BCUT2D eigenvalue weighted by Crippen LogP contribution is 2.43. The highest BCUT2D eigenvalue weighted by Gasteiger charge is 2.45. The van der Waals surface area contributed by atoms with E-state index in [-0.39, 0.29) is 6.10 Å². The summed E-state index contributed by atoms with van der Waals surface area (Å²) in [7, 11) is -1.79. The average Bonchev–Trinajstić information content (AvgIpc) is 2.12. The highest BCUT2D eigenvalue weighted by molar-refractivity contribution is 6.77. The van der Waals surface area contributed by atoms with Crippen molar-refractivity contribution in [3.8, 4) is 0 Å². The zero-order chi connectivity index (χ0) is 12.9. The number of rotatable bonds is 7. The predicted molar refractivity (Wildman–Crippen MR) is 72.3 cm³/mol. The molecule has 1 atom stereocenters. The second kappa shape index (κ2) is 6.55. The highest BCUT2D eigenvalue weighted by atomic mass is 28.4. The van der Waals surface area contributed by atoms with Crippen molar-refractivity contribution in [1.29, 1.82) is 0 Å². The summed E-state index contributed by atoms with van der Waals surface area (Å²) in [5.41, 5.74) is 1.75. The van der Waals surface area contributed by atoms with E-state index in [2.05, 4.69) is 41.5 Å². The maximum Gasteiger partial charge on any atom is 0.200 e. The van der Waals surface area contributed by atoms with Crippen molar-refractivity contribution in [3.05, 3.63) is 0 Å². The van der Waals surface area contributed by atoms with E-state index in [0.717, 1.165) is 6.29 Å².